The van der Waals surface area contributed by atoms with Crippen LogP contribution in [0.5, 0.6) is 0 Å². The van der Waals surface area contributed by atoms with Gasteiger partial charge in [-0.1, -0.05) is 30.0 Å². The third-order valence-corrected chi connectivity index (χ3v) is 15.1. The Hall–Kier alpha value is -2.36. The first-order valence-electron chi connectivity index (χ1n) is 18.9. The van der Waals surface area contributed by atoms with Gasteiger partial charge in [0.25, 0.3) is 5.56 Å². The summed E-state index contributed by atoms with van der Waals surface area (Å²) in [6, 6.07) is 1.14. The summed E-state index contributed by atoms with van der Waals surface area (Å²) in [5.41, 5.74) is -0.120. The first kappa shape index (κ1) is 52.6. The molecule has 64 heavy (non-hydrogen) atoms. The Morgan fingerprint density at radius 2 is 1.67 bits per heavy atom. The fourth-order valence-corrected chi connectivity index (χ4v) is 11.2. The number of aliphatic hydroxyl groups is 2. The maximum absolute atomic E-state index is 12.7. The number of hydrogen-bond acceptors (Lipinski definition) is 20. The van der Waals surface area contributed by atoms with Crippen LogP contribution in [0.1, 0.15) is 57.4 Å². The average molecular weight is 1030 g/mol. The number of phosphoric ester groups is 1. The van der Waals surface area contributed by atoms with Crippen molar-refractivity contribution in [2.75, 3.05) is 36.6 Å². The Morgan fingerprint density at radius 3 is 2.30 bits per heavy atom. The van der Waals surface area contributed by atoms with Gasteiger partial charge in [0.1, 0.15) is 12.5 Å². The quantitative estimate of drug-likeness (QED) is 0.0181. The second kappa shape index (κ2) is 23.6. The molecule has 0 amide bonds. The van der Waals surface area contributed by atoms with E-state index in [1.165, 1.54) is 21.7 Å². The van der Waals surface area contributed by atoms with Gasteiger partial charge in [-0.3, -0.25) is 23.4 Å². The summed E-state index contributed by atoms with van der Waals surface area (Å²) in [5.74, 6) is 0.356. The molecule has 1 aliphatic carbocycles. The molecule has 358 valence electrons. The number of nitrogens with one attached hydrogen (secondary N) is 2. The zero-order valence-corrected chi connectivity index (χ0v) is 38.4. The number of aliphatic hydroxyl groups excluding tert-OH is 1. The number of phosphoric acid groups is 3. The minimum atomic E-state index is -5.78. The Balaban J connectivity index is 0.000000762. The number of rotatable bonds is 21. The number of halogens is 3. The molecule has 0 aromatic carbocycles. The number of alkyl halides is 3. The van der Waals surface area contributed by atoms with Crippen molar-refractivity contribution in [2.24, 2.45) is 0 Å². The number of allylic oxidation sites excluding steroid dienone is 2. The van der Waals surface area contributed by atoms with Gasteiger partial charge in [0, 0.05) is 35.9 Å². The van der Waals surface area contributed by atoms with Gasteiger partial charge in [0.05, 0.1) is 38.2 Å². The molecule has 5 heterocycles. The van der Waals surface area contributed by atoms with Gasteiger partial charge in [-0.05, 0) is 38.5 Å². The number of aromatic nitrogens is 6. The minimum Gasteiger partial charge on any atom is -0.367 e. The van der Waals surface area contributed by atoms with Crippen LogP contribution in [0.25, 0.3) is 11.2 Å². The molecule has 0 spiro atoms. The molecule has 7 N–H and O–H groups in total. The number of anilines is 1. The number of hydrogen-bond donors (Lipinski definition) is 8. The monoisotopic (exact) mass is 1030 g/mol. The van der Waals surface area contributed by atoms with Crippen LogP contribution in [0.15, 0.2) is 57.1 Å². The molecular formula is C31H44F3N7O17P4S2. The highest BCUT2D eigenvalue weighted by Gasteiger charge is 2.43. The first-order valence-corrected chi connectivity index (χ1v) is 25.8. The van der Waals surface area contributed by atoms with E-state index >= 15 is 0 Å². The summed E-state index contributed by atoms with van der Waals surface area (Å²) in [6.45, 7) is -0.497. The molecule has 2 fully saturated rings. The Labute approximate surface area is 372 Å². The smallest absolute Gasteiger partial charge is 0.367 e. The SMILES string of the molecule is O=c1ccn(C2CCC(COPOP(=O)(O)OP(=O)(O)OP(=O)(O)OCC3CCC(n4cnc5c(NCCS)nc(SCCC(F)(F)F)nc54)O3)O2)c(=O)[nH]1.OC(O)C1=CCCC=C1. The number of thiol groups is 1. The zero-order chi connectivity index (χ0) is 46.7. The van der Waals surface area contributed by atoms with Crippen molar-refractivity contribution in [3.05, 3.63) is 63.2 Å². The molecule has 8 atom stereocenters. The summed E-state index contributed by atoms with van der Waals surface area (Å²) >= 11 is 4.94. The maximum Gasteiger partial charge on any atom is 0.490 e. The van der Waals surface area contributed by atoms with E-state index in [1.54, 1.807) is 6.08 Å². The molecule has 2 aliphatic heterocycles. The Bertz CT molecular complexity index is 2380. The topological polar surface area (TPSA) is 327 Å². The molecule has 2 saturated heterocycles. The van der Waals surface area contributed by atoms with Crippen LogP contribution in [0, 0.1) is 0 Å². The van der Waals surface area contributed by atoms with Gasteiger partial charge >= 0.3 is 35.3 Å². The van der Waals surface area contributed by atoms with Crippen LogP contribution >= 0.6 is 56.9 Å². The van der Waals surface area contributed by atoms with E-state index in [0.29, 0.717) is 36.2 Å². The van der Waals surface area contributed by atoms with Gasteiger partial charge in [0.15, 0.2) is 37.5 Å². The standard InChI is InChI=1S/C24H34F3N7O15P4S2.C7H10O2/c25-24(26,27)6-10-55-22-31-20(28-7-9-54)19-21(32-22)34(13-29-19)18-4-2-15(46-18)12-44-51(37,38)48-53(41,42)49-52(39,40)47-50-43-11-14-1-3-17(45-14)33-8-5-16(35)30-23(33)36;8-7(9)6-4-2-1-3-5-6/h5,8,13-15,17-18,50,54H,1-4,6-7,9-12H2,(H,37,38)(H,39,40)(H,41,42)(H,28,31,32)(H,30,35,36);2,4-5,7-9H,1,3H2. The Morgan fingerprint density at radius 1 is 0.984 bits per heavy atom. The van der Waals surface area contributed by atoms with Gasteiger partial charge in [-0.25, -0.2) is 37.8 Å². The number of thioether (sulfide) groups is 1. The number of imidazole rings is 1. The fraction of sp³-hybridized carbons (Fsp3) is 0.581. The van der Waals surface area contributed by atoms with Crippen LogP contribution in [-0.2, 0) is 45.1 Å². The van der Waals surface area contributed by atoms with E-state index in [9.17, 15) is 51.1 Å². The predicted octanol–water partition coefficient (Wildman–Crippen LogP) is 4.58. The van der Waals surface area contributed by atoms with Gasteiger partial charge in [-0.15, -0.1) is 0 Å². The van der Waals surface area contributed by atoms with E-state index in [1.807, 2.05) is 12.2 Å². The molecule has 24 nitrogen and oxygen atoms in total. The van der Waals surface area contributed by atoms with Gasteiger partial charge < -0.3 is 44.2 Å². The first-order chi connectivity index (χ1) is 30.1. The van der Waals surface area contributed by atoms with Crippen LogP contribution in [-0.4, -0.2) is 110 Å². The maximum atomic E-state index is 12.7. The molecule has 3 aromatic rings. The lowest BCUT2D eigenvalue weighted by Crippen LogP contribution is -2.31. The fourth-order valence-electron chi connectivity index (χ4n) is 5.93. The van der Waals surface area contributed by atoms with Crippen molar-refractivity contribution in [1.82, 2.24) is 29.1 Å². The molecule has 0 bridgehead atoms. The second-order valence-corrected chi connectivity index (χ2v) is 20.6. The van der Waals surface area contributed by atoms with Gasteiger partial charge in [-0.2, -0.15) is 34.4 Å². The molecule has 0 saturated carbocycles. The van der Waals surface area contributed by atoms with Crippen molar-refractivity contribution in [2.45, 2.75) is 87.2 Å². The highest BCUT2D eigenvalue weighted by atomic mass is 32.2. The van der Waals surface area contributed by atoms with E-state index in [2.05, 4.69) is 50.8 Å². The average Bonchev–Trinajstić information content (AvgIpc) is 3.98. The molecule has 8 unspecified atom stereocenters. The van der Waals surface area contributed by atoms with E-state index in [0.717, 1.165) is 30.7 Å². The van der Waals surface area contributed by atoms with Crippen LogP contribution < -0.4 is 16.6 Å². The van der Waals surface area contributed by atoms with Crippen LogP contribution in [0.3, 0.4) is 0 Å². The molecule has 0 radical (unpaired) electrons. The number of H-pyrrole nitrogens is 1. The number of nitrogens with zero attached hydrogens (tertiary/aromatic N) is 5. The number of aromatic amines is 1. The Kier molecular flexibility index (Phi) is 19.4. The predicted molar refractivity (Wildman–Crippen MR) is 224 cm³/mol. The summed E-state index contributed by atoms with van der Waals surface area (Å²) in [7, 11) is -17.9. The highest BCUT2D eigenvalue weighted by Crippen LogP contribution is 2.69. The second-order valence-electron chi connectivity index (χ2n) is 13.5. The lowest BCUT2D eigenvalue weighted by atomic mass is 10.1. The van der Waals surface area contributed by atoms with Crippen LogP contribution in [0.2, 0.25) is 0 Å². The minimum absolute atomic E-state index is 0.0508. The molecule has 3 aliphatic rings. The third-order valence-electron chi connectivity index (χ3n) is 8.70. The third kappa shape index (κ3) is 16.8. The van der Waals surface area contributed by atoms with Crippen molar-refractivity contribution in [3.63, 3.8) is 0 Å². The molecule has 6 rings (SSSR count). The lowest BCUT2D eigenvalue weighted by molar-refractivity contribution is -0.129. The normalized spacial score (nSPS) is 23.2. The molecule has 33 heteroatoms. The van der Waals surface area contributed by atoms with Crippen molar-refractivity contribution in [1.29, 1.82) is 0 Å². The van der Waals surface area contributed by atoms with Crippen LogP contribution in [0.4, 0.5) is 19.0 Å². The lowest BCUT2D eigenvalue weighted by Gasteiger charge is -2.20. The zero-order valence-electron chi connectivity index (χ0n) is 33.0. The largest absolute Gasteiger partial charge is 0.490 e. The number of fused-ring (bicyclic) bond motifs is 1. The van der Waals surface area contributed by atoms with E-state index in [4.69, 9.17) is 28.7 Å². The number of ether oxygens (including phenoxy) is 2. The van der Waals surface area contributed by atoms with Crippen molar-refractivity contribution < 1.29 is 83.2 Å². The van der Waals surface area contributed by atoms with E-state index < -0.39 is 93.9 Å². The summed E-state index contributed by atoms with van der Waals surface area (Å²) in [6.07, 6.45) is 1.69. The summed E-state index contributed by atoms with van der Waals surface area (Å²) in [4.78, 5) is 68.1. The van der Waals surface area contributed by atoms with Crippen molar-refractivity contribution >= 4 is 73.9 Å². The van der Waals surface area contributed by atoms with Gasteiger partial charge in [0.2, 0.25) is 0 Å². The van der Waals surface area contributed by atoms with E-state index in [-0.39, 0.29) is 41.8 Å². The molecule has 3 aromatic heterocycles. The summed E-state index contributed by atoms with van der Waals surface area (Å²) < 4.78 is 112. The van der Waals surface area contributed by atoms with Crippen molar-refractivity contribution in [3.8, 4) is 0 Å². The highest BCUT2D eigenvalue weighted by molar-refractivity contribution is 7.99. The summed E-state index contributed by atoms with van der Waals surface area (Å²) in [5, 5.41) is 20.3. The molecular weight excluding hydrogens is 987 g/mol.